The molecule has 1 heterocycles. The van der Waals surface area contributed by atoms with Gasteiger partial charge in [-0.1, -0.05) is 123 Å². The van der Waals surface area contributed by atoms with Gasteiger partial charge in [-0.2, -0.15) is 0 Å². The second-order valence-electron chi connectivity index (χ2n) is 12.9. The van der Waals surface area contributed by atoms with Gasteiger partial charge in [0.2, 0.25) is 0 Å². The van der Waals surface area contributed by atoms with Crippen LogP contribution in [0.15, 0.2) is 140 Å². The molecule has 0 N–H and O–H groups in total. The minimum atomic E-state index is 0.0167. The molecule has 7 aromatic carbocycles. The summed E-state index contributed by atoms with van der Waals surface area (Å²) in [6.45, 7) is 4.69. The van der Waals surface area contributed by atoms with Crippen molar-refractivity contribution in [3.63, 3.8) is 0 Å². The number of fused-ring (bicyclic) bond motifs is 9. The van der Waals surface area contributed by atoms with Crippen molar-refractivity contribution in [3.8, 4) is 50.2 Å². The Morgan fingerprint density at radius 1 is 0.409 bits per heavy atom. The monoisotopic (exact) mass is 559 g/mol. The standard InChI is InChI=1S/C43H29N/c1-43(2)37-16-7-5-12-30(37)35-24-26(18-21-38(35)43)27-19-22-41-36(25-27)31-13-6-8-17-39(31)44(41)40-23-20-33-29-11-4-3-10-28(29)32-14-9-15-34(40)42(32)33/h3-25H,1-2H3. The minimum Gasteiger partial charge on any atom is -0.309 e. The Morgan fingerprint density at radius 2 is 1.02 bits per heavy atom. The zero-order chi connectivity index (χ0) is 29.2. The van der Waals surface area contributed by atoms with E-state index in [1.54, 1.807) is 0 Å². The summed E-state index contributed by atoms with van der Waals surface area (Å²) in [6.07, 6.45) is 0. The molecule has 1 heteroatoms. The Labute approximate surface area is 256 Å². The fraction of sp³-hybridized carbons (Fsp3) is 0.0698. The van der Waals surface area contributed by atoms with Crippen molar-refractivity contribution in [2.75, 3.05) is 0 Å². The van der Waals surface area contributed by atoms with Crippen molar-refractivity contribution in [1.29, 1.82) is 0 Å². The topological polar surface area (TPSA) is 4.93 Å². The van der Waals surface area contributed by atoms with Crippen molar-refractivity contribution in [2.45, 2.75) is 19.3 Å². The van der Waals surface area contributed by atoms with Crippen LogP contribution in [0.5, 0.6) is 0 Å². The highest BCUT2D eigenvalue weighted by Gasteiger charge is 2.35. The summed E-state index contributed by atoms with van der Waals surface area (Å²) in [5, 5.41) is 5.22. The third-order valence-corrected chi connectivity index (χ3v) is 10.4. The van der Waals surface area contributed by atoms with Gasteiger partial charge in [0.1, 0.15) is 0 Å². The maximum atomic E-state index is 2.47. The Kier molecular flexibility index (Phi) is 4.58. The molecule has 44 heavy (non-hydrogen) atoms. The second kappa shape index (κ2) is 8.36. The molecule has 0 radical (unpaired) electrons. The molecule has 1 nitrogen and oxygen atoms in total. The van der Waals surface area contributed by atoms with E-state index in [1.165, 1.54) is 93.9 Å². The lowest BCUT2D eigenvalue weighted by Gasteiger charge is -2.21. The first-order valence-electron chi connectivity index (χ1n) is 15.5. The van der Waals surface area contributed by atoms with Crippen LogP contribution in [-0.2, 0) is 5.41 Å². The highest BCUT2D eigenvalue weighted by atomic mass is 15.0. The van der Waals surface area contributed by atoms with Crippen LogP contribution in [0.4, 0.5) is 0 Å². The van der Waals surface area contributed by atoms with Gasteiger partial charge in [0.25, 0.3) is 0 Å². The molecule has 0 saturated carbocycles. The van der Waals surface area contributed by atoms with Crippen LogP contribution in [-0.4, -0.2) is 4.57 Å². The van der Waals surface area contributed by atoms with Crippen molar-refractivity contribution >= 4 is 32.6 Å². The van der Waals surface area contributed by atoms with Gasteiger partial charge in [-0.15, -0.1) is 0 Å². The summed E-state index contributed by atoms with van der Waals surface area (Å²) in [6, 6.07) is 52.1. The Bertz CT molecular complexity index is 2490. The van der Waals surface area contributed by atoms with Gasteiger partial charge in [0.15, 0.2) is 0 Å². The average Bonchev–Trinajstić information content (AvgIpc) is 3.66. The van der Waals surface area contributed by atoms with Gasteiger partial charge in [0.05, 0.1) is 16.7 Å². The summed E-state index contributed by atoms with van der Waals surface area (Å²) in [7, 11) is 0. The van der Waals surface area contributed by atoms with Crippen molar-refractivity contribution in [1.82, 2.24) is 4.57 Å². The zero-order valence-electron chi connectivity index (χ0n) is 24.7. The summed E-state index contributed by atoms with van der Waals surface area (Å²) in [5.41, 5.74) is 17.1. The van der Waals surface area contributed by atoms with E-state index in [0.29, 0.717) is 0 Å². The molecule has 0 spiro atoms. The zero-order valence-corrected chi connectivity index (χ0v) is 24.7. The van der Waals surface area contributed by atoms with E-state index in [0.717, 1.165) is 0 Å². The number of nitrogens with zero attached hydrogens (tertiary/aromatic N) is 1. The van der Waals surface area contributed by atoms with E-state index in [1.807, 2.05) is 0 Å². The molecule has 1 aromatic heterocycles. The number of aromatic nitrogens is 1. The number of hydrogen-bond donors (Lipinski definition) is 0. The lowest BCUT2D eigenvalue weighted by atomic mass is 9.82. The predicted molar refractivity (Wildman–Crippen MR) is 186 cm³/mol. The molecule has 0 atom stereocenters. The van der Waals surface area contributed by atoms with E-state index in [9.17, 15) is 0 Å². The molecule has 10 rings (SSSR count). The van der Waals surface area contributed by atoms with E-state index in [-0.39, 0.29) is 5.41 Å². The van der Waals surface area contributed by atoms with Gasteiger partial charge in [-0.25, -0.2) is 0 Å². The molecular weight excluding hydrogens is 530 g/mol. The third-order valence-electron chi connectivity index (χ3n) is 10.4. The summed E-state index contributed by atoms with van der Waals surface area (Å²) < 4.78 is 2.47. The number of para-hydroxylation sites is 1. The number of hydrogen-bond acceptors (Lipinski definition) is 0. The Balaban J connectivity index is 1.20. The van der Waals surface area contributed by atoms with Crippen LogP contribution in [0.1, 0.15) is 25.0 Å². The van der Waals surface area contributed by atoms with Gasteiger partial charge in [-0.05, 0) is 91.4 Å². The summed E-state index contributed by atoms with van der Waals surface area (Å²) in [5.74, 6) is 0. The van der Waals surface area contributed by atoms with Gasteiger partial charge in [0, 0.05) is 21.6 Å². The smallest absolute Gasteiger partial charge is 0.0541 e. The van der Waals surface area contributed by atoms with E-state index in [2.05, 4.69) is 158 Å². The van der Waals surface area contributed by atoms with Gasteiger partial charge < -0.3 is 4.57 Å². The lowest BCUT2D eigenvalue weighted by molar-refractivity contribution is 0.660. The second-order valence-corrected chi connectivity index (χ2v) is 12.9. The fourth-order valence-electron chi connectivity index (χ4n) is 8.30. The molecule has 206 valence electrons. The molecule has 0 saturated heterocycles. The third kappa shape index (κ3) is 2.99. The summed E-state index contributed by atoms with van der Waals surface area (Å²) in [4.78, 5) is 0. The maximum absolute atomic E-state index is 2.47. The lowest BCUT2D eigenvalue weighted by Crippen LogP contribution is -2.14. The molecule has 0 amide bonds. The number of rotatable bonds is 2. The SMILES string of the molecule is CC1(C)c2ccccc2-c2cc(-c3ccc4c(c3)c3ccccc3n4-c3ccc4c5c(cccc35)-c3ccccc3-4)ccc21. The molecule has 0 bridgehead atoms. The Morgan fingerprint density at radius 3 is 1.89 bits per heavy atom. The van der Waals surface area contributed by atoms with Crippen LogP contribution in [0.3, 0.4) is 0 Å². The normalized spacial score (nSPS) is 13.9. The van der Waals surface area contributed by atoms with Crippen LogP contribution in [0, 0.1) is 0 Å². The highest BCUT2D eigenvalue weighted by molar-refractivity contribution is 6.19. The first-order valence-corrected chi connectivity index (χ1v) is 15.5. The van der Waals surface area contributed by atoms with Gasteiger partial charge in [-0.3, -0.25) is 0 Å². The molecule has 8 aromatic rings. The quantitative estimate of drug-likeness (QED) is 0.198. The largest absolute Gasteiger partial charge is 0.309 e. The molecule has 2 aliphatic rings. The minimum absolute atomic E-state index is 0.0167. The van der Waals surface area contributed by atoms with Crippen molar-refractivity contribution < 1.29 is 0 Å². The van der Waals surface area contributed by atoms with Crippen molar-refractivity contribution in [2.24, 2.45) is 0 Å². The summed E-state index contributed by atoms with van der Waals surface area (Å²) >= 11 is 0. The Hall–Kier alpha value is -5.40. The van der Waals surface area contributed by atoms with Crippen LogP contribution in [0.25, 0.3) is 82.8 Å². The van der Waals surface area contributed by atoms with E-state index >= 15 is 0 Å². The molecule has 0 fully saturated rings. The van der Waals surface area contributed by atoms with E-state index < -0.39 is 0 Å². The first-order chi connectivity index (χ1) is 21.6. The fourth-order valence-corrected chi connectivity index (χ4v) is 8.30. The molecule has 2 aliphatic carbocycles. The van der Waals surface area contributed by atoms with E-state index in [4.69, 9.17) is 0 Å². The molecule has 0 aliphatic heterocycles. The van der Waals surface area contributed by atoms with Gasteiger partial charge >= 0.3 is 0 Å². The number of benzene rings is 7. The average molecular weight is 560 g/mol. The predicted octanol–water partition coefficient (Wildman–Crippen LogP) is 11.6. The van der Waals surface area contributed by atoms with Crippen LogP contribution < -0.4 is 0 Å². The van der Waals surface area contributed by atoms with Crippen LogP contribution >= 0.6 is 0 Å². The molecular formula is C43H29N. The highest BCUT2D eigenvalue weighted by Crippen LogP contribution is 2.51. The van der Waals surface area contributed by atoms with Crippen LogP contribution in [0.2, 0.25) is 0 Å². The maximum Gasteiger partial charge on any atom is 0.0541 e. The molecule has 0 unspecified atom stereocenters. The first kappa shape index (κ1) is 24.1. The van der Waals surface area contributed by atoms with Crippen molar-refractivity contribution in [3.05, 3.63) is 151 Å².